The minimum atomic E-state index is -0.658. The monoisotopic (exact) mass is 410 g/mol. The Morgan fingerprint density at radius 3 is 2.07 bits per heavy atom. The summed E-state index contributed by atoms with van der Waals surface area (Å²) in [6.07, 6.45) is 4.42. The topological polar surface area (TPSA) is 102 Å². The van der Waals surface area contributed by atoms with Crippen molar-refractivity contribution in [1.29, 1.82) is 0 Å². The second-order valence-corrected chi connectivity index (χ2v) is 7.47. The SMILES string of the molecule is COC(=O)[C@H]1[C@@H](C(=O)Oc2ccc(/C=C/c3cc(O)cc(O)c3)cc2)[C@@H]2CC[C@H]1O2. The van der Waals surface area contributed by atoms with Gasteiger partial charge in [-0.1, -0.05) is 24.3 Å². The van der Waals surface area contributed by atoms with Crippen LogP contribution in [-0.2, 0) is 19.1 Å². The fourth-order valence-corrected chi connectivity index (χ4v) is 4.15. The first-order valence-corrected chi connectivity index (χ1v) is 9.71. The molecule has 0 unspecified atom stereocenters. The first-order chi connectivity index (χ1) is 14.4. The standard InChI is InChI=1S/C23H22O7/c1-28-22(26)20-18-8-9-19(30-18)21(20)23(27)29-17-6-4-13(5-7-17)2-3-14-10-15(24)12-16(25)11-14/h2-7,10-12,18-21,24-25H,8-9H2,1H3/b3-2+/t18-,19+,20-,21+/m1/s1. The van der Waals surface area contributed by atoms with Crippen LogP contribution in [0.4, 0.5) is 0 Å². The van der Waals surface area contributed by atoms with E-state index >= 15 is 0 Å². The molecule has 2 aromatic carbocycles. The van der Waals surface area contributed by atoms with Gasteiger partial charge < -0.3 is 24.4 Å². The molecule has 2 aromatic rings. The molecule has 0 aliphatic carbocycles. The van der Waals surface area contributed by atoms with E-state index in [4.69, 9.17) is 14.2 Å². The Hall–Kier alpha value is -3.32. The van der Waals surface area contributed by atoms with E-state index in [1.54, 1.807) is 36.4 Å². The molecule has 2 aliphatic heterocycles. The largest absolute Gasteiger partial charge is 0.508 e. The van der Waals surface area contributed by atoms with E-state index in [1.165, 1.54) is 25.3 Å². The van der Waals surface area contributed by atoms with Gasteiger partial charge >= 0.3 is 11.9 Å². The minimum Gasteiger partial charge on any atom is -0.508 e. The van der Waals surface area contributed by atoms with Gasteiger partial charge in [0.25, 0.3) is 0 Å². The Balaban J connectivity index is 1.42. The number of hydrogen-bond donors (Lipinski definition) is 2. The second-order valence-electron chi connectivity index (χ2n) is 7.47. The summed E-state index contributed by atoms with van der Waals surface area (Å²) >= 11 is 0. The highest BCUT2D eigenvalue weighted by Crippen LogP contribution is 2.44. The number of phenolic OH excluding ortho intramolecular Hbond substituents is 2. The lowest BCUT2D eigenvalue weighted by Gasteiger charge is -2.24. The molecule has 7 nitrogen and oxygen atoms in total. The summed E-state index contributed by atoms with van der Waals surface area (Å²) in [5, 5.41) is 19.1. The Morgan fingerprint density at radius 2 is 1.47 bits per heavy atom. The summed E-state index contributed by atoms with van der Waals surface area (Å²) in [6.45, 7) is 0. The quantitative estimate of drug-likeness (QED) is 0.443. The van der Waals surface area contributed by atoms with Crippen molar-refractivity contribution >= 4 is 24.1 Å². The number of methoxy groups -OCH3 is 1. The number of carbonyl (C=O) groups is 2. The van der Waals surface area contributed by atoms with E-state index in [2.05, 4.69) is 0 Å². The number of fused-ring (bicyclic) bond motifs is 2. The van der Waals surface area contributed by atoms with E-state index in [0.29, 0.717) is 11.3 Å². The summed E-state index contributed by atoms with van der Waals surface area (Å²) in [4.78, 5) is 24.8. The van der Waals surface area contributed by atoms with E-state index in [9.17, 15) is 19.8 Å². The Labute approximate surface area is 173 Å². The smallest absolute Gasteiger partial charge is 0.317 e. The Bertz CT molecular complexity index is 959. The summed E-state index contributed by atoms with van der Waals surface area (Å²) in [6, 6.07) is 11.2. The van der Waals surface area contributed by atoms with E-state index in [-0.39, 0.29) is 23.7 Å². The van der Waals surface area contributed by atoms with E-state index in [1.807, 2.05) is 0 Å². The maximum atomic E-state index is 12.7. The van der Waals surface area contributed by atoms with Crippen molar-refractivity contribution in [1.82, 2.24) is 0 Å². The van der Waals surface area contributed by atoms with Crippen molar-refractivity contribution in [2.24, 2.45) is 11.8 Å². The highest BCUT2D eigenvalue weighted by atomic mass is 16.6. The van der Waals surface area contributed by atoms with Gasteiger partial charge in [-0.15, -0.1) is 0 Å². The first kappa shape index (κ1) is 20.0. The number of hydrogen-bond acceptors (Lipinski definition) is 7. The highest BCUT2D eigenvalue weighted by Gasteiger charge is 2.56. The fourth-order valence-electron chi connectivity index (χ4n) is 4.15. The predicted octanol–water partition coefficient (Wildman–Crippen LogP) is 3.14. The van der Waals surface area contributed by atoms with Crippen LogP contribution in [0.5, 0.6) is 17.2 Å². The molecule has 2 heterocycles. The number of phenols is 2. The summed E-state index contributed by atoms with van der Waals surface area (Å²) in [5.74, 6) is -1.88. The van der Waals surface area contributed by atoms with Crippen LogP contribution in [-0.4, -0.2) is 41.5 Å². The molecule has 2 N–H and O–H groups in total. The molecule has 30 heavy (non-hydrogen) atoms. The molecular formula is C23H22O7. The molecular weight excluding hydrogens is 388 g/mol. The van der Waals surface area contributed by atoms with Crippen LogP contribution in [0.3, 0.4) is 0 Å². The van der Waals surface area contributed by atoms with Crippen molar-refractivity contribution in [2.75, 3.05) is 7.11 Å². The normalized spacial score (nSPS) is 24.8. The van der Waals surface area contributed by atoms with E-state index in [0.717, 1.165) is 18.4 Å². The molecule has 4 rings (SSSR count). The molecule has 2 fully saturated rings. The van der Waals surface area contributed by atoms with Gasteiger partial charge in [-0.25, -0.2) is 0 Å². The molecule has 156 valence electrons. The molecule has 2 bridgehead atoms. The third kappa shape index (κ3) is 4.02. The van der Waals surface area contributed by atoms with Crippen LogP contribution < -0.4 is 4.74 Å². The predicted molar refractivity (Wildman–Crippen MR) is 108 cm³/mol. The van der Waals surface area contributed by atoms with Crippen molar-refractivity contribution in [3.05, 3.63) is 53.6 Å². The lowest BCUT2D eigenvalue weighted by atomic mass is 9.79. The Morgan fingerprint density at radius 1 is 0.900 bits per heavy atom. The third-order valence-corrected chi connectivity index (χ3v) is 5.51. The number of benzene rings is 2. The van der Waals surface area contributed by atoms with Crippen LogP contribution in [0.15, 0.2) is 42.5 Å². The zero-order chi connectivity index (χ0) is 21.3. The fraction of sp³-hybridized carbons (Fsp3) is 0.304. The van der Waals surface area contributed by atoms with Gasteiger partial charge in [-0.3, -0.25) is 9.59 Å². The van der Waals surface area contributed by atoms with Crippen LogP contribution in [0, 0.1) is 11.8 Å². The van der Waals surface area contributed by atoms with Crippen LogP contribution >= 0.6 is 0 Å². The number of aromatic hydroxyl groups is 2. The average Bonchev–Trinajstić information content (AvgIpc) is 3.33. The van der Waals surface area contributed by atoms with Crippen LogP contribution in [0.1, 0.15) is 24.0 Å². The second kappa shape index (κ2) is 8.20. The lowest BCUT2D eigenvalue weighted by molar-refractivity contribution is -0.154. The van der Waals surface area contributed by atoms with Crippen molar-refractivity contribution < 1.29 is 34.0 Å². The first-order valence-electron chi connectivity index (χ1n) is 9.71. The number of ether oxygens (including phenoxy) is 3. The van der Waals surface area contributed by atoms with Crippen molar-refractivity contribution in [2.45, 2.75) is 25.0 Å². The van der Waals surface area contributed by atoms with Gasteiger partial charge in [0.15, 0.2) is 0 Å². The number of rotatable bonds is 5. The molecule has 0 radical (unpaired) electrons. The van der Waals surface area contributed by atoms with Crippen molar-refractivity contribution in [3.63, 3.8) is 0 Å². The molecule has 0 saturated carbocycles. The third-order valence-electron chi connectivity index (χ3n) is 5.51. The zero-order valence-electron chi connectivity index (χ0n) is 16.4. The molecule has 2 aliphatic rings. The molecule has 7 heteroatoms. The average molecular weight is 410 g/mol. The highest BCUT2D eigenvalue weighted by molar-refractivity contribution is 5.85. The van der Waals surface area contributed by atoms with Crippen LogP contribution in [0.2, 0.25) is 0 Å². The lowest BCUT2D eigenvalue weighted by Crippen LogP contribution is -2.40. The van der Waals surface area contributed by atoms with Gasteiger partial charge in [0.2, 0.25) is 0 Å². The molecule has 0 spiro atoms. The van der Waals surface area contributed by atoms with Gasteiger partial charge in [0.05, 0.1) is 31.2 Å². The number of carbonyl (C=O) groups excluding carboxylic acids is 2. The summed E-state index contributed by atoms with van der Waals surface area (Å²) in [5.41, 5.74) is 1.49. The number of esters is 2. The summed E-state index contributed by atoms with van der Waals surface area (Å²) in [7, 11) is 1.31. The van der Waals surface area contributed by atoms with Gasteiger partial charge in [0, 0.05) is 6.07 Å². The van der Waals surface area contributed by atoms with Crippen molar-refractivity contribution in [3.8, 4) is 17.2 Å². The van der Waals surface area contributed by atoms with Crippen LogP contribution in [0.25, 0.3) is 12.2 Å². The molecule has 4 atom stereocenters. The minimum absolute atomic E-state index is 0.0215. The maximum absolute atomic E-state index is 12.7. The van der Waals surface area contributed by atoms with Gasteiger partial charge in [0.1, 0.15) is 17.2 Å². The van der Waals surface area contributed by atoms with Gasteiger partial charge in [-0.2, -0.15) is 0 Å². The zero-order valence-corrected chi connectivity index (χ0v) is 16.4. The Kier molecular flexibility index (Phi) is 5.46. The van der Waals surface area contributed by atoms with Gasteiger partial charge in [-0.05, 0) is 48.2 Å². The van der Waals surface area contributed by atoms with E-state index < -0.39 is 23.8 Å². The molecule has 0 aromatic heterocycles. The molecule has 0 amide bonds. The molecule has 2 saturated heterocycles. The maximum Gasteiger partial charge on any atom is 0.317 e. The summed E-state index contributed by atoms with van der Waals surface area (Å²) < 4.78 is 16.1.